The van der Waals surface area contributed by atoms with Crippen molar-refractivity contribution in [3.63, 3.8) is 0 Å². The molecule has 0 saturated carbocycles. The summed E-state index contributed by atoms with van der Waals surface area (Å²) in [7, 11) is 0. The molecule has 0 aliphatic heterocycles. The van der Waals surface area contributed by atoms with Gasteiger partial charge in [-0.3, -0.25) is 10.1 Å². The standard InChI is InChI=1S/C43H30N2O2/c1-43(2)39-26-40(45(46)47)36-13-7-8-14-37(36)41(39)38-21-17-31-25-34(20-22-35(31)42(38)43)44(32-18-15-27-9-3-5-11-29(27)23-32)33-19-16-28-10-4-6-12-30(28)24-33/h3-26H,1-2H3. The van der Waals surface area contributed by atoms with Crippen LogP contribution in [0.3, 0.4) is 0 Å². The molecule has 9 rings (SSSR count). The smallest absolute Gasteiger partial charge is 0.277 e. The molecule has 4 nitrogen and oxygen atoms in total. The SMILES string of the molecule is CC1(C)c2cc([N+](=O)[O-])c3ccccc3c2-c2ccc3cc(N(c4ccc5ccccc5c4)c4ccc5ccccc5c4)ccc3c21. The van der Waals surface area contributed by atoms with E-state index >= 15 is 0 Å². The van der Waals surface area contributed by atoms with Crippen LogP contribution in [0.2, 0.25) is 0 Å². The number of benzene rings is 8. The molecular formula is C43H30N2O2. The van der Waals surface area contributed by atoms with E-state index in [1.165, 1.54) is 27.1 Å². The topological polar surface area (TPSA) is 46.4 Å². The molecule has 0 bridgehead atoms. The highest BCUT2D eigenvalue weighted by atomic mass is 16.6. The summed E-state index contributed by atoms with van der Waals surface area (Å²) < 4.78 is 0. The first-order valence-electron chi connectivity index (χ1n) is 15.9. The fourth-order valence-electron chi connectivity index (χ4n) is 7.84. The number of nitro benzene ring substituents is 1. The number of non-ortho nitro benzene ring substituents is 1. The van der Waals surface area contributed by atoms with Gasteiger partial charge >= 0.3 is 0 Å². The molecule has 0 fully saturated rings. The molecule has 1 aliphatic rings. The maximum absolute atomic E-state index is 12.2. The van der Waals surface area contributed by atoms with Crippen LogP contribution in [0.5, 0.6) is 0 Å². The molecule has 0 heterocycles. The van der Waals surface area contributed by atoms with Gasteiger partial charge in [0.05, 0.1) is 10.3 Å². The molecule has 0 spiro atoms. The van der Waals surface area contributed by atoms with Gasteiger partial charge in [0.15, 0.2) is 0 Å². The van der Waals surface area contributed by atoms with Crippen LogP contribution in [0, 0.1) is 10.1 Å². The summed E-state index contributed by atoms with van der Waals surface area (Å²) in [5.74, 6) is 0. The van der Waals surface area contributed by atoms with Crippen molar-refractivity contribution in [2.45, 2.75) is 19.3 Å². The number of anilines is 3. The van der Waals surface area contributed by atoms with Crippen molar-refractivity contribution in [1.29, 1.82) is 0 Å². The lowest BCUT2D eigenvalue weighted by atomic mass is 9.79. The third-order valence-corrected chi connectivity index (χ3v) is 10.0. The fourth-order valence-corrected chi connectivity index (χ4v) is 7.84. The van der Waals surface area contributed by atoms with Crippen molar-refractivity contribution in [3.8, 4) is 11.1 Å². The van der Waals surface area contributed by atoms with E-state index in [9.17, 15) is 10.1 Å². The van der Waals surface area contributed by atoms with E-state index in [1.54, 1.807) is 6.07 Å². The summed E-state index contributed by atoms with van der Waals surface area (Å²) in [6, 6.07) is 50.9. The molecule has 0 amide bonds. The van der Waals surface area contributed by atoms with Gasteiger partial charge in [0.1, 0.15) is 0 Å². The lowest BCUT2D eigenvalue weighted by Crippen LogP contribution is -2.16. The van der Waals surface area contributed by atoms with Crippen molar-refractivity contribution < 1.29 is 4.92 Å². The number of hydrogen-bond acceptors (Lipinski definition) is 3. The molecule has 0 unspecified atom stereocenters. The van der Waals surface area contributed by atoms with Gasteiger partial charge in [0, 0.05) is 28.5 Å². The molecule has 47 heavy (non-hydrogen) atoms. The van der Waals surface area contributed by atoms with Crippen molar-refractivity contribution in [1.82, 2.24) is 0 Å². The second-order valence-corrected chi connectivity index (χ2v) is 13.0. The predicted octanol–water partition coefficient (Wildman–Crippen LogP) is 12.0. The first-order valence-corrected chi connectivity index (χ1v) is 15.9. The van der Waals surface area contributed by atoms with Crippen molar-refractivity contribution >= 4 is 65.8 Å². The van der Waals surface area contributed by atoms with Crippen LogP contribution in [-0.4, -0.2) is 4.92 Å². The number of nitrogens with zero attached hydrogens (tertiary/aromatic N) is 2. The second kappa shape index (κ2) is 10.0. The number of rotatable bonds is 4. The maximum Gasteiger partial charge on any atom is 0.277 e. The highest BCUT2D eigenvalue weighted by Crippen LogP contribution is 2.55. The highest BCUT2D eigenvalue weighted by molar-refractivity contribution is 6.10. The molecule has 8 aromatic carbocycles. The van der Waals surface area contributed by atoms with Crippen LogP contribution in [-0.2, 0) is 5.41 Å². The van der Waals surface area contributed by atoms with E-state index < -0.39 is 5.41 Å². The molecule has 0 saturated heterocycles. The van der Waals surface area contributed by atoms with Gasteiger partial charge in [0.2, 0.25) is 0 Å². The third kappa shape index (κ3) is 4.08. The van der Waals surface area contributed by atoms with Crippen molar-refractivity contribution in [2.75, 3.05) is 4.90 Å². The minimum absolute atomic E-state index is 0.160. The Morgan fingerprint density at radius 2 is 1.04 bits per heavy atom. The fraction of sp³-hybridized carbons (Fsp3) is 0.0698. The van der Waals surface area contributed by atoms with E-state index in [0.717, 1.165) is 49.9 Å². The molecule has 0 atom stereocenters. The van der Waals surface area contributed by atoms with Crippen molar-refractivity contribution in [3.05, 3.63) is 167 Å². The first-order chi connectivity index (χ1) is 22.9. The summed E-state index contributed by atoms with van der Waals surface area (Å²) in [5.41, 5.74) is 7.45. The van der Waals surface area contributed by atoms with Crippen LogP contribution in [0.15, 0.2) is 146 Å². The van der Waals surface area contributed by atoms with Gasteiger partial charge < -0.3 is 4.90 Å². The zero-order chi connectivity index (χ0) is 31.9. The van der Waals surface area contributed by atoms with Gasteiger partial charge in [0.25, 0.3) is 5.69 Å². The van der Waals surface area contributed by atoms with E-state index in [4.69, 9.17) is 0 Å². The minimum atomic E-state index is -0.420. The van der Waals surface area contributed by atoms with Crippen LogP contribution in [0.4, 0.5) is 22.7 Å². The van der Waals surface area contributed by atoms with E-state index in [-0.39, 0.29) is 10.6 Å². The Labute approximate surface area is 272 Å². The highest BCUT2D eigenvalue weighted by Gasteiger charge is 2.40. The Hall–Kier alpha value is -6.00. The van der Waals surface area contributed by atoms with Crippen LogP contribution >= 0.6 is 0 Å². The van der Waals surface area contributed by atoms with Gasteiger partial charge in [-0.25, -0.2) is 0 Å². The molecule has 4 heteroatoms. The van der Waals surface area contributed by atoms with Crippen molar-refractivity contribution in [2.24, 2.45) is 0 Å². The molecule has 8 aromatic rings. The Morgan fingerprint density at radius 1 is 0.532 bits per heavy atom. The minimum Gasteiger partial charge on any atom is -0.310 e. The zero-order valence-corrected chi connectivity index (χ0v) is 26.1. The maximum atomic E-state index is 12.2. The predicted molar refractivity (Wildman–Crippen MR) is 195 cm³/mol. The summed E-state index contributed by atoms with van der Waals surface area (Å²) >= 11 is 0. The average Bonchev–Trinajstić information content (AvgIpc) is 3.34. The molecule has 224 valence electrons. The lowest BCUT2D eigenvalue weighted by Gasteiger charge is -2.27. The van der Waals surface area contributed by atoms with Crippen LogP contribution in [0.1, 0.15) is 25.0 Å². The number of fused-ring (bicyclic) bond motifs is 9. The second-order valence-electron chi connectivity index (χ2n) is 13.0. The monoisotopic (exact) mass is 606 g/mol. The summed E-state index contributed by atoms with van der Waals surface area (Å²) in [6.45, 7) is 4.39. The molecule has 0 aromatic heterocycles. The van der Waals surface area contributed by atoms with E-state index in [2.05, 4.69) is 134 Å². The summed E-state index contributed by atoms with van der Waals surface area (Å²) in [5, 5.41) is 20.9. The Morgan fingerprint density at radius 3 is 1.66 bits per heavy atom. The van der Waals surface area contributed by atoms with Gasteiger partial charge in [-0.05, 0) is 102 Å². The Balaban J connectivity index is 1.26. The molecular weight excluding hydrogens is 576 g/mol. The summed E-state index contributed by atoms with van der Waals surface area (Å²) in [6.07, 6.45) is 0. The zero-order valence-electron chi connectivity index (χ0n) is 26.1. The quantitative estimate of drug-likeness (QED) is 0.148. The molecule has 0 N–H and O–H groups in total. The first kappa shape index (κ1) is 27.3. The van der Waals surface area contributed by atoms with Gasteiger partial charge in [-0.2, -0.15) is 0 Å². The molecule has 1 aliphatic carbocycles. The largest absolute Gasteiger partial charge is 0.310 e. The number of hydrogen-bond donors (Lipinski definition) is 0. The van der Waals surface area contributed by atoms with Gasteiger partial charge in [-0.15, -0.1) is 0 Å². The Kier molecular flexibility index (Phi) is 5.81. The van der Waals surface area contributed by atoms with Gasteiger partial charge in [-0.1, -0.05) is 111 Å². The molecule has 0 radical (unpaired) electrons. The summed E-state index contributed by atoms with van der Waals surface area (Å²) in [4.78, 5) is 14.3. The third-order valence-electron chi connectivity index (χ3n) is 10.0. The van der Waals surface area contributed by atoms with Crippen LogP contribution in [0.25, 0.3) is 54.2 Å². The average molecular weight is 607 g/mol. The lowest BCUT2D eigenvalue weighted by molar-refractivity contribution is -0.383. The Bertz CT molecular complexity index is 2520. The van der Waals surface area contributed by atoms with E-state index in [0.29, 0.717) is 5.39 Å². The van der Waals surface area contributed by atoms with E-state index in [1.807, 2.05) is 24.3 Å². The van der Waals surface area contributed by atoms with Crippen LogP contribution < -0.4 is 4.90 Å². The normalized spacial score (nSPS) is 13.2. The number of nitro groups is 1.